The van der Waals surface area contributed by atoms with Crippen LogP contribution in [0, 0.1) is 10.1 Å². The number of hydrogen-bond acceptors (Lipinski definition) is 6. The summed E-state index contributed by atoms with van der Waals surface area (Å²) in [5.41, 5.74) is -1.63. The van der Waals surface area contributed by atoms with Crippen LogP contribution in [0.1, 0.15) is 26.7 Å². The summed E-state index contributed by atoms with van der Waals surface area (Å²) in [6.07, 6.45) is 0.915. The Labute approximate surface area is 123 Å². The molecule has 0 amide bonds. The molecule has 9 heteroatoms. The molecule has 0 fully saturated rings. The van der Waals surface area contributed by atoms with E-state index in [2.05, 4.69) is 5.32 Å². The Hall–Kier alpha value is -1.71. The van der Waals surface area contributed by atoms with Crippen LogP contribution in [0.5, 0.6) is 0 Å². The second-order valence-corrected chi connectivity index (χ2v) is 6.27. The molecule has 0 radical (unpaired) electrons. The molecule has 0 atom stereocenters. The fourth-order valence-corrected chi connectivity index (χ4v) is 2.56. The van der Waals surface area contributed by atoms with Crippen molar-refractivity contribution in [1.29, 1.82) is 0 Å². The first kappa shape index (κ1) is 17.3. The summed E-state index contributed by atoms with van der Waals surface area (Å²) >= 11 is 0. The van der Waals surface area contributed by atoms with Crippen LogP contribution in [0.25, 0.3) is 0 Å². The quantitative estimate of drug-likeness (QED) is 0.511. The molecular formula is C12H19N3O5S. The molecule has 0 aliphatic carbocycles. The van der Waals surface area contributed by atoms with Crippen molar-refractivity contribution in [3.8, 4) is 0 Å². The average Bonchev–Trinajstić information content (AvgIpc) is 2.43. The number of primary sulfonamides is 1. The molecule has 118 valence electrons. The van der Waals surface area contributed by atoms with Crippen LogP contribution < -0.4 is 10.5 Å². The van der Waals surface area contributed by atoms with Gasteiger partial charge < -0.3 is 10.4 Å². The highest BCUT2D eigenvalue weighted by Crippen LogP contribution is 2.31. The predicted octanol–water partition coefficient (Wildman–Crippen LogP) is 1.21. The zero-order chi connectivity index (χ0) is 16.3. The molecule has 0 aliphatic heterocycles. The number of nitrogens with two attached hydrogens (primary N) is 1. The Morgan fingerprint density at radius 1 is 1.38 bits per heavy atom. The van der Waals surface area contributed by atoms with Crippen molar-refractivity contribution in [3.05, 3.63) is 28.3 Å². The Morgan fingerprint density at radius 3 is 2.38 bits per heavy atom. The molecule has 1 aromatic carbocycles. The number of rotatable bonds is 7. The molecule has 0 aromatic heterocycles. The number of anilines is 1. The van der Waals surface area contributed by atoms with Gasteiger partial charge in [0.2, 0.25) is 10.0 Å². The smallest absolute Gasteiger partial charge is 0.312 e. The molecule has 0 unspecified atom stereocenters. The summed E-state index contributed by atoms with van der Waals surface area (Å²) in [4.78, 5) is 9.77. The van der Waals surface area contributed by atoms with Crippen LogP contribution in [-0.4, -0.2) is 30.6 Å². The molecule has 0 saturated carbocycles. The van der Waals surface area contributed by atoms with E-state index in [0.29, 0.717) is 12.8 Å². The number of nitrogens with zero attached hydrogens (tertiary/aromatic N) is 1. The third-order valence-electron chi connectivity index (χ3n) is 3.41. The molecule has 8 nitrogen and oxygen atoms in total. The van der Waals surface area contributed by atoms with Gasteiger partial charge in [0.1, 0.15) is 5.69 Å². The van der Waals surface area contributed by atoms with Crippen LogP contribution in [0.2, 0.25) is 0 Å². The summed E-state index contributed by atoms with van der Waals surface area (Å²) in [7, 11) is -4.21. The average molecular weight is 317 g/mol. The van der Waals surface area contributed by atoms with Crippen molar-refractivity contribution in [1.82, 2.24) is 0 Å². The summed E-state index contributed by atoms with van der Waals surface area (Å²) in [6.45, 7) is 3.65. The zero-order valence-corrected chi connectivity index (χ0v) is 12.7. The van der Waals surface area contributed by atoms with E-state index in [9.17, 15) is 23.6 Å². The van der Waals surface area contributed by atoms with E-state index in [1.54, 1.807) is 13.8 Å². The normalized spacial score (nSPS) is 12.2. The monoisotopic (exact) mass is 317 g/mol. The van der Waals surface area contributed by atoms with Gasteiger partial charge in [-0.1, -0.05) is 19.9 Å². The Bertz CT molecular complexity index is 626. The van der Waals surface area contributed by atoms with E-state index in [1.165, 1.54) is 12.1 Å². The lowest BCUT2D eigenvalue weighted by Gasteiger charge is -2.25. The third-order valence-corrected chi connectivity index (χ3v) is 4.35. The standard InChI is InChI=1S/C12H19N3O5S/c1-3-12(16,4-2)8-14-9-6-5-7-10(21(13,19)20)11(9)15(17)18/h5-7,14,16H,3-4,8H2,1-2H3,(H2,13,19,20). The fraction of sp³-hybridized carbons (Fsp3) is 0.500. The molecule has 0 bridgehead atoms. The molecule has 0 saturated heterocycles. The third kappa shape index (κ3) is 4.13. The van der Waals surface area contributed by atoms with Crippen molar-refractivity contribution < 1.29 is 18.4 Å². The van der Waals surface area contributed by atoms with E-state index < -0.39 is 31.1 Å². The highest BCUT2D eigenvalue weighted by Gasteiger charge is 2.28. The van der Waals surface area contributed by atoms with Gasteiger partial charge in [-0.2, -0.15) is 0 Å². The van der Waals surface area contributed by atoms with E-state index in [-0.39, 0.29) is 12.2 Å². The van der Waals surface area contributed by atoms with Crippen molar-refractivity contribution in [2.45, 2.75) is 37.2 Å². The second-order valence-electron chi connectivity index (χ2n) is 4.74. The van der Waals surface area contributed by atoms with Crippen molar-refractivity contribution in [3.63, 3.8) is 0 Å². The van der Waals surface area contributed by atoms with Gasteiger partial charge in [-0.05, 0) is 25.0 Å². The molecule has 4 N–H and O–H groups in total. The van der Waals surface area contributed by atoms with Crippen molar-refractivity contribution in [2.24, 2.45) is 5.14 Å². The van der Waals surface area contributed by atoms with Crippen LogP contribution in [-0.2, 0) is 10.0 Å². The maximum absolute atomic E-state index is 11.4. The second kappa shape index (κ2) is 6.37. The molecule has 0 aliphatic rings. The Morgan fingerprint density at radius 2 is 1.95 bits per heavy atom. The maximum Gasteiger partial charge on any atom is 0.312 e. The van der Waals surface area contributed by atoms with Crippen LogP contribution in [0.3, 0.4) is 0 Å². The molecular weight excluding hydrogens is 298 g/mol. The maximum atomic E-state index is 11.4. The zero-order valence-electron chi connectivity index (χ0n) is 11.9. The van der Waals surface area contributed by atoms with Crippen LogP contribution in [0.15, 0.2) is 23.1 Å². The highest BCUT2D eigenvalue weighted by molar-refractivity contribution is 7.89. The van der Waals surface area contributed by atoms with Crippen LogP contribution >= 0.6 is 0 Å². The first-order valence-corrected chi connectivity index (χ1v) is 7.95. The first-order chi connectivity index (χ1) is 9.64. The first-order valence-electron chi connectivity index (χ1n) is 6.41. The summed E-state index contributed by atoms with van der Waals surface area (Å²) < 4.78 is 22.8. The van der Waals surface area contributed by atoms with E-state index >= 15 is 0 Å². The van der Waals surface area contributed by atoms with E-state index in [0.717, 1.165) is 6.07 Å². The molecule has 0 heterocycles. The van der Waals surface area contributed by atoms with Gasteiger partial charge in [0.15, 0.2) is 4.90 Å². The number of sulfonamides is 1. The van der Waals surface area contributed by atoms with Gasteiger partial charge >= 0.3 is 5.69 Å². The number of nitrogens with one attached hydrogen (secondary N) is 1. The van der Waals surface area contributed by atoms with Gasteiger partial charge in [-0.15, -0.1) is 0 Å². The minimum Gasteiger partial charge on any atom is -0.388 e. The lowest BCUT2D eigenvalue weighted by atomic mass is 9.97. The summed E-state index contributed by atoms with van der Waals surface area (Å²) in [5.74, 6) is 0. The SMILES string of the molecule is CCC(O)(CC)CNc1cccc(S(N)(=O)=O)c1[N+](=O)[O-]. The van der Waals surface area contributed by atoms with Crippen molar-refractivity contribution in [2.75, 3.05) is 11.9 Å². The number of nitro groups is 1. The van der Waals surface area contributed by atoms with Gasteiger partial charge in [-0.25, -0.2) is 13.6 Å². The number of nitro benzene ring substituents is 1. The van der Waals surface area contributed by atoms with Gasteiger partial charge in [0, 0.05) is 6.54 Å². The largest absolute Gasteiger partial charge is 0.388 e. The van der Waals surface area contributed by atoms with Gasteiger partial charge in [0.25, 0.3) is 0 Å². The number of benzene rings is 1. The van der Waals surface area contributed by atoms with Crippen molar-refractivity contribution >= 4 is 21.4 Å². The summed E-state index contributed by atoms with van der Waals surface area (Å²) in [5, 5.41) is 29.0. The minimum absolute atomic E-state index is 0.00634. The molecule has 1 rings (SSSR count). The predicted molar refractivity (Wildman–Crippen MR) is 78.5 cm³/mol. The fourth-order valence-electron chi connectivity index (χ4n) is 1.84. The number of hydrogen-bond donors (Lipinski definition) is 3. The van der Waals surface area contributed by atoms with Crippen LogP contribution in [0.4, 0.5) is 11.4 Å². The topological polar surface area (TPSA) is 136 Å². The Balaban J connectivity index is 3.23. The highest BCUT2D eigenvalue weighted by atomic mass is 32.2. The Kier molecular flexibility index (Phi) is 5.26. The van der Waals surface area contributed by atoms with E-state index in [1.807, 2.05) is 0 Å². The molecule has 0 spiro atoms. The number of aliphatic hydroxyl groups is 1. The number of para-hydroxylation sites is 1. The molecule has 21 heavy (non-hydrogen) atoms. The minimum atomic E-state index is -4.21. The molecule has 1 aromatic rings. The van der Waals surface area contributed by atoms with E-state index in [4.69, 9.17) is 5.14 Å². The van der Waals surface area contributed by atoms with Gasteiger partial charge in [0.05, 0.1) is 10.5 Å². The lowest BCUT2D eigenvalue weighted by molar-refractivity contribution is -0.386. The summed E-state index contributed by atoms with van der Waals surface area (Å²) in [6, 6.07) is 3.80. The lowest BCUT2D eigenvalue weighted by Crippen LogP contribution is -2.35. The van der Waals surface area contributed by atoms with Gasteiger partial charge in [-0.3, -0.25) is 10.1 Å².